The number of carbonyl (C=O) groups is 2. The van der Waals surface area contributed by atoms with Gasteiger partial charge in [0.25, 0.3) is 0 Å². The van der Waals surface area contributed by atoms with Crippen LogP contribution in [0.2, 0.25) is 0 Å². The van der Waals surface area contributed by atoms with E-state index in [-0.39, 0.29) is 11.7 Å². The van der Waals surface area contributed by atoms with Crippen molar-refractivity contribution >= 4 is 17.8 Å². The van der Waals surface area contributed by atoms with Crippen molar-refractivity contribution in [1.29, 1.82) is 0 Å². The molecular weight excluding hydrogens is 232 g/mol. The highest BCUT2D eigenvalue weighted by molar-refractivity contribution is 5.97. The molecule has 18 heavy (non-hydrogen) atoms. The van der Waals surface area contributed by atoms with Crippen molar-refractivity contribution in [2.45, 2.75) is 25.7 Å². The first-order valence-electron chi connectivity index (χ1n) is 6.19. The van der Waals surface area contributed by atoms with Gasteiger partial charge in [0, 0.05) is 25.9 Å². The standard InChI is InChI=1S/C13H14N2O3/c16-9-3-4-10-11(8-9)18-12(14-10)5-7-15-6-1-2-13(15)17/h3-4H,1-2,5-8H2. The zero-order valence-corrected chi connectivity index (χ0v) is 10.0. The Morgan fingerprint density at radius 1 is 1.33 bits per heavy atom. The lowest BCUT2D eigenvalue weighted by Gasteiger charge is -2.13. The molecular formula is C13H14N2O3. The van der Waals surface area contributed by atoms with Crippen molar-refractivity contribution in [3.8, 4) is 0 Å². The zero-order chi connectivity index (χ0) is 12.5. The summed E-state index contributed by atoms with van der Waals surface area (Å²) >= 11 is 0. The van der Waals surface area contributed by atoms with Crippen LogP contribution in [0, 0.1) is 0 Å². The molecule has 0 spiro atoms. The molecule has 5 heteroatoms. The average molecular weight is 246 g/mol. The molecule has 1 amide bonds. The van der Waals surface area contributed by atoms with Crippen LogP contribution in [0.25, 0.3) is 6.08 Å². The second-order valence-electron chi connectivity index (χ2n) is 4.63. The van der Waals surface area contributed by atoms with Gasteiger partial charge in [0.1, 0.15) is 11.5 Å². The summed E-state index contributed by atoms with van der Waals surface area (Å²) in [6, 6.07) is 0. The molecule has 1 saturated heterocycles. The number of hydrogen-bond acceptors (Lipinski definition) is 4. The second-order valence-corrected chi connectivity index (χ2v) is 4.63. The third kappa shape index (κ3) is 2.08. The predicted molar refractivity (Wildman–Crippen MR) is 63.8 cm³/mol. The van der Waals surface area contributed by atoms with Crippen molar-refractivity contribution in [2.75, 3.05) is 13.1 Å². The van der Waals surface area contributed by atoms with Gasteiger partial charge >= 0.3 is 0 Å². The molecule has 0 atom stereocenters. The summed E-state index contributed by atoms with van der Waals surface area (Å²) in [5, 5.41) is 0. The highest BCUT2D eigenvalue weighted by atomic mass is 16.4. The number of oxazole rings is 1. The van der Waals surface area contributed by atoms with Gasteiger partial charge in [-0.1, -0.05) is 0 Å². The molecule has 1 aromatic heterocycles. The summed E-state index contributed by atoms with van der Waals surface area (Å²) in [4.78, 5) is 28.8. The molecule has 2 heterocycles. The summed E-state index contributed by atoms with van der Waals surface area (Å²) in [5.41, 5.74) is 0.748. The first-order valence-corrected chi connectivity index (χ1v) is 6.19. The number of amides is 1. The van der Waals surface area contributed by atoms with Crippen LogP contribution in [0.5, 0.6) is 0 Å². The number of ketones is 1. The molecule has 2 aliphatic rings. The van der Waals surface area contributed by atoms with Gasteiger partial charge < -0.3 is 9.32 Å². The minimum atomic E-state index is 0.0416. The fourth-order valence-corrected chi connectivity index (χ4v) is 2.34. The molecule has 0 unspecified atom stereocenters. The van der Waals surface area contributed by atoms with E-state index in [9.17, 15) is 9.59 Å². The summed E-state index contributed by atoms with van der Waals surface area (Å²) in [6.07, 6.45) is 5.72. The third-order valence-electron chi connectivity index (χ3n) is 3.30. The molecule has 0 radical (unpaired) electrons. The van der Waals surface area contributed by atoms with Gasteiger partial charge in [-0.05, 0) is 18.6 Å². The Labute approximate surface area is 104 Å². The van der Waals surface area contributed by atoms with Crippen molar-refractivity contribution in [3.05, 3.63) is 23.4 Å². The Morgan fingerprint density at radius 2 is 2.22 bits per heavy atom. The van der Waals surface area contributed by atoms with Crippen molar-refractivity contribution in [1.82, 2.24) is 9.88 Å². The van der Waals surface area contributed by atoms with E-state index < -0.39 is 0 Å². The summed E-state index contributed by atoms with van der Waals surface area (Å²) < 4.78 is 5.55. The van der Waals surface area contributed by atoms with E-state index in [1.807, 2.05) is 4.90 Å². The van der Waals surface area contributed by atoms with Crippen LogP contribution in [0.3, 0.4) is 0 Å². The summed E-state index contributed by atoms with van der Waals surface area (Å²) in [7, 11) is 0. The van der Waals surface area contributed by atoms with Gasteiger partial charge in [0.15, 0.2) is 11.7 Å². The number of aromatic nitrogens is 1. The van der Waals surface area contributed by atoms with E-state index in [0.717, 1.165) is 18.7 Å². The highest BCUT2D eigenvalue weighted by Crippen LogP contribution is 2.19. The zero-order valence-electron chi connectivity index (χ0n) is 10.0. The average Bonchev–Trinajstić information content (AvgIpc) is 2.92. The van der Waals surface area contributed by atoms with Gasteiger partial charge in [0.2, 0.25) is 5.91 Å². The number of fused-ring (bicyclic) bond motifs is 1. The highest BCUT2D eigenvalue weighted by Gasteiger charge is 2.22. The normalized spacial score (nSPS) is 18.6. The van der Waals surface area contributed by atoms with Crippen LogP contribution in [0.1, 0.15) is 30.2 Å². The molecule has 94 valence electrons. The van der Waals surface area contributed by atoms with Crippen LogP contribution < -0.4 is 0 Å². The largest absolute Gasteiger partial charge is 0.445 e. The van der Waals surface area contributed by atoms with Gasteiger partial charge in [-0.15, -0.1) is 0 Å². The molecule has 0 bridgehead atoms. The monoisotopic (exact) mass is 246 g/mol. The minimum absolute atomic E-state index is 0.0416. The fourth-order valence-electron chi connectivity index (χ4n) is 2.34. The van der Waals surface area contributed by atoms with E-state index in [2.05, 4.69) is 4.98 Å². The lowest BCUT2D eigenvalue weighted by Crippen LogP contribution is -2.26. The lowest BCUT2D eigenvalue weighted by molar-refractivity contribution is -0.127. The Morgan fingerprint density at radius 3 is 3.00 bits per heavy atom. The molecule has 0 aromatic carbocycles. The number of allylic oxidation sites excluding steroid dienone is 1. The Bertz CT molecular complexity index is 530. The van der Waals surface area contributed by atoms with Gasteiger partial charge in [-0.3, -0.25) is 9.59 Å². The van der Waals surface area contributed by atoms with Crippen LogP contribution in [-0.2, 0) is 22.4 Å². The maximum Gasteiger partial charge on any atom is 0.222 e. The van der Waals surface area contributed by atoms with Gasteiger partial charge in [-0.25, -0.2) is 4.98 Å². The lowest BCUT2D eigenvalue weighted by atomic mass is 10.1. The molecule has 5 nitrogen and oxygen atoms in total. The predicted octanol–water partition coefficient (Wildman–Crippen LogP) is 0.978. The van der Waals surface area contributed by atoms with E-state index in [1.54, 1.807) is 6.08 Å². The van der Waals surface area contributed by atoms with Crippen LogP contribution in [0.15, 0.2) is 10.5 Å². The SMILES string of the molecule is O=C1C=Cc2nc(CCN3CCCC3=O)oc2C1. The van der Waals surface area contributed by atoms with E-state index in [4.69, 9.17) is 4.42 Å². The van der Waals surface area contributed by atoms with E-state index in [0.29, 0.717) is 37.5 Å². The smallest absolute Gasteiger partial charge is 0.222 e. The van der Waals surface area contributed by atoms with Crippen molar-refractivity contribution < 1.29 is 14.0 Å². The molecule has 1 fully saturated rings. The fraction of sp³-hybridized carbons (Fsp3) is 0.462. The van der Waals surface area contributed by atoms with Gasteiger partial charge in [-0.2, -0.15) is 0 Å². The topological polar surface area (TPSA) is 63.4 Å². The number of nitrogens with zero attached hydrogens (tertiary/aromatic N) is 2. The summed E-state index contributed by atoms with van der Waals surface area (Å²) in [6.45, 7) is 1.48. The number of carbonyl (C=O) groups excluding carboxylic acids is 2. The van der Waals surface area contributed by atoms with Gasteiger partial charge in [0.05, 0.1) is 6.42 Å². The second kappa shape index (κ2) is 4.40. The molecule has 3 rings (SSSR count). The van der Waals surface area contributed by atoms with Crippen LogP contribution in [-0.4, -0.2) is 34.7 Å². The maximum atomic E-state index is 11.5. The molecule has 0 saturated carbocycles. The summed E-state index contributed by atoms with van der Waals surface area (Å²) in [5.74, 6) is 1.51. The number of rotatable bonds is 3. The first kappa shape index (κ1) is 11.2. The van der Waals surface area contributed by atoms with Crippen molar-refractivity contribution in [2.24, 2.45) is 0 Å². The van der Waals surface area contributed by atoms with Crippen LogP contribution in [0.4, 0.5) is 0 Å². The molecule has 1 aliphatic heterocycles. The number of likely N-dealkylation sites (tertiary alicyclic amines) is 1. The third-order valence-corrected chi connectivity index (χ3v) is 3.30. The Balaban J connectivity index is 1.66. The maximum absolute atomic E-state index is 11.5. The quantitative estimate of drug-likeness (QED) is 0.797. The Hall–Kier alpha value is -1.91. The molecule has 1 aliphatic carbocycles. The van der Waals surface area contributed by atoms with Crippen LogP contribution >= 0.6 is 0 Å². The molecule has 0 N–H and O–H groups in total. The first-order chi connectivity index (χ1) is 8.72. The number of hydrogen-bond donors (Lipinski definition) is 0. The van der Waals surface area contributed by atoms with Crippen molar-refractivity contribution in [3.63, 3.8) is 0 Å². The molecule has 1 aromatic rings. The minimum Gasteiger partial charge on any atom is -0.445 e. The Kier molecular flexibility index (Phi) is 2.74. The van der Waals surface area contributed by atoms with E-state index in [1.165, 1.54) is 6.08 Å². The van der Waals surface area contributed by atoms with E-state index >= 15 is 0 Å².